The summed E-state index contributed by atoms with van der Waals surface area (Å²) in [5.74, 6) is -6.99. The Morgan fingerprint density at radius 2 is 1.86 bits per heavy atom. The molecule has 1 heterocycles. The lowest BCUT2D eigenvalue weighted by Gasteiger charge is -2.50. The summed E-state index contributed by atoms with van der Waals surface area (Å²) < 4.78 is 0. The first-order valence-corrected chi connectivity index (χ1v) is 11.8. The largest absolute Gasteiger partial charge is 0.511 e. The first kappa shape index (κ1) is 24.7. The minimum absolute atomic E-state index is 0.0446. The van der Waals surface area contributed by atoms with Gasteiger partial charge in [0.15, 0.2) is 11.4 Å². The Morgan fingerprint density at radius 1 is 1.23 bits per heavy atom. The van der Waals surface area contributed by atoms with Gasteiger partial charge in [0.1, 0.15) is 28.7 Å². The number of aliphatic hydroxyl groups excluding tert-OH is 2. The minimum Gasteiger partial charge on any atom is -0.511 e. The number of pyridine rings is 1. The van der Waals surface area contributed by atoms with Gasteiger partial charge in [-0.25, -0.2) is 4.98 Å². The lowest BCUT2D eigenvalue weighted by atomic mass is 9.55. The van der Waals surface area contributed by atoms with Gasteiger partial charge in [0.05, 0.1) is 11.8 Å². The monoisotopic (exact) mass is 485 g/mol. The molecule has 1 amide bonds. The predicted molar refractivity (Wildman–Crippen MR) is 126 cm³/mol. The average Bonchev–Trinajstić information content (AvgIpc) is 2.78. The number of aliphatic hydroxyl groups is 3. The highest BCUT2D eigenvalue weighted by atomic mass is 16.3. The molecule has 35 heavy (non-hydrogen) atoms. The fourth-order valence-electron chi connectivity index (χ4n) is 6.32. The number of Topliss-reactive ketones (excluding diaryl/α,β-unsaturated/α-hetero) is 2. The van der Waals surface area contributed by atoms with Crippen LogP contribution < -0.4 is 10.6 Å². The van der Waals surface area contributed by atoms with Gasteiger partial charge < -0.3 is 31.1 Å². The predicted octanol–water partition coefficient (Wildman–Crippen LogP) is 1.70. The van der Waals surface area contributed by atoms with Gasteiger partial charge in [-0.05, 0) is 24.7 Å². The lowest BCUT2D eigenvalue weighted by molar-refractivity contribution is -0.150. The Morgan fingerprint density at radius 3 is 2.40 bits per heavy atom. The molecule has 3 aliphatic carbocycles. The van der Waals surface area contributed by atoms with Gasteiger partial charge in [0.25, 0.3) is 5.91 Å². The summed E-state index contributed by atoms with van der Waals surface area (Å²) in [6, 6.07) is 0. The highest BCUT2D eigenvalue weighted by Crippen LogP contribution is 2.55. The SMILES string of the molecule is CCC(CC)C1C(O)=C(C(N)=O)C(=O)[C@@]2(O)C(O)=C3C(=O)c4c(O)cnc(N(C)C)c4C[C@H]3C[C@@H]12. The van der Waals surface area contributed by atoms with E-state index in [1.54, 1.807) is 19.0 Å². The van der Waals surface area contributed by atoms with Crippen LogP contribution >= 0.6 is 0 Å². The molecule has 6 N–H and O–H groups in total. The number of ketones is 2. The molecule has 1 unspecified atom stereocenters. The van der Waals surface area contributed by atoms with E-state index in [1.165, 1.54) is 0 Å². The number of hydrogen-bond acceptors (Lipinski definition) is 9. The van der Waals surface area contributed by atoms with Crippen LogP contribution in [-0.2, 0) is 16.0 Å². The maximum Gasteiger partial charge on any atom is 0.255 e. The van der Waals surface area contributed by atoms with Crippen LogP contribution in [-0.4, -0.2) is 62.6 Å². The molecule has 188 valence electrons. The van der Waals surface area contributed by atoms with Crippen molar-refractivity contribution in [2.45, 2.75) is 45.1 Å². The molecule has 4 atom stereocenters. The number of aromatic nitrogens is 1. The molecule has 10 heteroatoms. The third-order valence-electron chi connectivity index (χ3n) is 7.96. The molecule has 1 aromatic heterocycles. The second-order valence-electron chi connectivity index (χ2n) is 9.87. The van der Waals surface area contributed by atoms with E-state index in [1.807, 2.05) is 13.8 Å². The molecule has 0 aromatic carbocycles. The van der Waals surface area contributed by atoms with Crippen molar-refractivity contribution < 1.29 is 34.8 Å². The number of anilines is 1. The molecule has 10 nitrogen and oxygen atoms in total. The van der Waals surface area contributed by atoms with Gasteiger partial charge in [0, 0.05) is 37.1 Å². The van der Waals surface area contributed by atoms with E-state index < -0.39 is 57.9 Å². The summed E-state index contributed by atoms with van der Waals surface area (Å²) in [6.45, 7) is 3.78. The van der Waals surface area contributed by atoms with Crippen LogP contribution in [0.4, 0.5) is 5.82 Å². The quantitative estimate of drug-likeness (QED) is 0.389. The van der Waals surface area contributed by atoms with Crippen molar-refractivity contribution in [3.63, 3.8) is 0 Å². The van der Waals surface area contributed by atoms with E-state index >= 15 is 0 Å². The van der Waals surface area contributed by atoms with Crippen LogP contribution in [0, 0.1) is 23.7 Å². The Hall–Kier alpha value is -3.40. The van der Waals surface area contributed by atoms with Crippen molar-refractivity contribution in [1.29, 1.82) is 0 Å². The first-order chi connectivity index (χ1) is 16.4. The van der Waals surface area contributed by atoms with Crippen LogP contribution in [0.25, 0.3) is 0 Å². The molecule has 4 rings (SSSR count). The number of allylic oxidation sites excluding steroid dienone is 2. The van der Waals surface area contributed by atoms with E-state index in [0.717, 1.165) is 6.20 Å². The maximum atomic E-state index is 13.6. The summed E-state index contributed by atoms with van der Waals surface area (Å²) >= 11 is 0. The summed E-state index contributed by atoms with van der Waals surface area (Å²) in [6.07, 6.45) is 2.60. The van der Waals surface area contributed by atoms with E-state index in [-0.39, 0.29) is 35.6 Å². The number of aromatic hydroxyl groups is 1. The zero-order valence-electron chi connectivity index (χ0n) is 20.2. The topological polar surface area (TPSA) is 174 Å². The molecular weight excluding hydrogens is 454 g/mol. The molecule has 0 radical (unpaired) electrons. The van der Waals surface area contributed by atoms with E-state index in [2.05, 4.69) is 4.98 Å². The maximum absolute atomic E-state index is 13.6. The fourth-order valence-corrected chi connectivity index (χ4v) is 6.32. The molecule has 0 saturated carbocycles. The summed E-state index contributed by atoms with van der Waals surface area (Å²) in [5, 5.41) is 44.6. The number of primary amides is 1. The second kappa shape index (κ2) is 8.37. The first-order valence-electron chi connectivity index (χ1n) is 11.8. The Bertz CT molecular complexity index is 1200. The third-order valence-corrected chi connectivity index (χ3v) is 7.96. The zero-order valence-corrected chi connectivity index (χ0v) is 20.2. The van der Waals surface area contributed by atoms with Crippen LogP contribution in [0.2, 0.25) is 0 Å². The van der Waals surface area contributed by atoms with E-state index in [0.29, 0.717) is 24.2 Å². The zero-order chi connectivity index (χ0) is 26.0. The standard InChI is InChI=1S/C25H31N3O7/c1-5-10(6-2)15-13-8-11-7-12-17(14(29)9-27-24(12)28(3)4)20(31)16(11)21(32)25(13,35)22(33)18(19(15)30)23(26)34/h9-11,13,15,29-30,32,35H,5-8H2,1-4H3,(H2,26,34)/t11-,13-,15?,25-/m0/s1. The number of fused-ring (bicyclic) bond motifs is 3. The molecule has 0 aliphatic heterocycles. The molecule has 0 saturated heterocycles. The molecule has 0 bridgehead atoms. The van der Waals surface area contributed by atoms with Crippen molar-refractivity contribution in [1.82, 2.24) is 4.98 Å². The number of nitrogens with zero attached hydrogens (tertiary/aromatic N) is 2. The number of nitrogens with two attached hydrogens (primary N) is 1. The van der Waals surface area contributed by atoms with Gasteiger partial charge in [-0.15, -0.1) is 0 Å². The van der Waals surface area contributed by atoms with Crippen molar-refractivity contribution in [3.8, 4) is 5.75 Å². The fraction of sp³-hybridized carbons (Fsp3) is 0.520. The average molecular weight is 486 g/mol. The van der Waals surface area contributed by atoms with Crippen molar-refractivity contribution in [2.24, 2.45) is 29.4 Å². The Labute approximate surface area is 202 Å². The van der Waals surface area contributed by atoms with Crippen molar-refractivity contribution in [2.75, 3.05) is 19.0 Å². The second-order valence-corrected chi connectivity index (χ2v) is 9.87. The number of carbonyl (C=O) groups is 3. The van der Waals surface area contributed by atoms with Gasteiger partial charge in [-0.2, -0.15) is 0 Å². The third kappa shape index (κ3) is 3.26. The molecular formula is C25H31N3O7. The van der Waals surface area contributed by atoms with Gasteiger partial charge in [-0.3, -0.25) is 14.4 Å². The molecule has 1 aromatic rings. The number of hydrogen-bond donors (Lipinski definition) is 5. The Balaban J connectivity index is 1.98. The van der Waals surface area contributed by atoms with Crippen LogP contribution in [0.15, 0.2) is 28.9 Å². The van der Waals surface area contributed by atoms with E-state index in [9.17, 15) is 34.8 Å². The Kier molecular flexibility index (Phi) is 5.91. The minimum atomic E-state index is -2.60. The highest BCUT2D eigenvalue weighted by Gasteiger charge is 2.63. The molecule has 3 aliphatic rings. The summed E-state index contributed by atoms with van der Waals surface area (Å²) in [7, 11) is 3.51. The molecule has 0 spiro atoms. The summed E-state index contributed by atoms with van der Waals surface area (Å²) in [5.41, 5.74) is 2.34. The van der Waals surface area contributed by atoms with Crippen LogP contribution in [0.3, 0.4) is 0 Å². The van der Waals surface area contributed by atoms with Gasteiger partial charge in [-0.1, -0.05) is 26.7 Å². The smallest absolute Gasteiger partial charge is 0.255 e. The van der Waals surface area contributed by atoms with E-state index in [4.69, 9.17) is 5.73 Å². The molecule has 0 fully saturated rings. The number of carbonyl (C=O) groups excluding carboxylic acids is 3. The normalized spacial score (nSPS) is 28.1. The highest BCUT2D eigenvalue weighted by molar-refractivity contribution is 6.24. The van der Waals surface area contributed by atoms with Gasteiger partial charge >= 0.3 is 0 Å². The van der Waals surface area contributed by atoms with Crippen LogP contribution in [0.5, 0.6) is 5.75 Å². The van der Waals surface area contributed by atoms with Crippen molar-refractivity contribution >= 4 is 23.3 Å². The van der Waals surface area contributed by atoms with Gasteiger partial charge in [0.2, 0.25) is 5.78 Å². The summed E-state index contributed by atoms with van der Waals surface area (Å²) in [4.78, 5) is 45.1. The van der Waals surface area contributed by atoms with Crippen LogP contribution in [0.1, 0.15) is 49.0 Å². The number of rotatable bonds is 5. The number of amides is 1. The van der Waals surface area contributed by atoms with Crippen molar-refractivity contribution in [3.05, 3.63) is 40.0 Å². The lowest BCUT2D eigenvalue weighted by Crippen LogP contribution is -2.60.